The third-order valence-corrected chi connectivity index (χ3v) is 3.16. The summed E-state index contributed by atoms with van der Waals surface area (Å²) in [6.45, 7) is 2.61. The fourth-order valence-electron chi connectivity index (χ4n) is 1.93. The van der Waals surface area contributed by atoms with Crippen molar-refractivity contribution in [3.8, 4) is 0 Å². The van der Waals surface area contributed by atoms with Gasteiger partial charge in [0.15, 0.2) is 0 Å². The van der Waals surface area contributed by atoms with Crippen molar-refractivity contribution in [2.75, 3.05) is 0 Å². The molecule has 0 bridgehead atoms. The summed E-state index contributed by atoms with van der Waals surface area (Å²) in [6, 6.07) is 15.8. The highest BCUT2D eigenvalue weighted by atomic mass is 19.1. The minimum atomic E-state index is -0.649. The zero-order valence-corrected chi connectivity index (χ0v) is 10.9. The molecule has 0 spiro atoms. The second-order valence-electron chi connectivity index (χ2n) is 4.65. The molecule has 0 heterocycles. The van der Waals surface area contributed by atoms with Crippen LogP contribution in [0.1, 0.15) is 24.2 Å². The van der Waals surface area contributed by atoms with E-state index in [9.17, 15) is 9.50 Å². The Labute approximate surface area is 112 Å². The number of hydrogen-bond acceptors (Lipinski definition) is 2. The van der Waals surface area contributed by atoms with Crippen LogP contribution in [0.2, 0.25) is 0 Å². The smallest absolute Gasteiger partial charge is 0.123 e. The number of nitrogens with one attached hydrogen (secondary N) is 1. The monoisotopic (exact) mass is 259 g/mol. The van der Waals surface area contributed by atoms with Crippen LogP contribution in [-0.2, 0) is 6.54 Å². The fraction of sp³-hybridized carbons (Fsp3) is 0.250. The number of benzene rings is 2. The van der Waals surface area contributed by atoms with E-state index in [1.165, 1.54) is 17.7 Å². The average molecular weight is 259 g/mol. The number of hydrogen-bond donors (Lipinski definition) is 2. The Morgan fingerprint density at radius 1 is 1.05 bits per heavy atom. The first-order chi connectivity index (χ1) is 9.16. The maximum absolute atomic E-state index is 12.8. The normalized spacial score (nSPS) is 14.1. The Morgan fingerprint density at radius 2 is 1.68 bits per heavy atom. The second-order valence-corrected chi connectivity index (χ2v) is 4.65. The summed E-state index contributed by atoms with van der Waals surface area (Å²) in [5, 5.41) is 13.4. The summed E-state index contributed by atoms with van der Waals surface area (Å²) in [4.78, 5) is 0. The molecule has 19 heavy (non-hydrogen) atoms. The molecule has 2 atom stereocenters. The Balaban J connectivity index is 1.92. The average Bonchev–Trinajstić information content (AvgIpc) is 2.46. The predicted molar refractivity (Wildman–Crippen MR) is 74.1 cm³/mol. The molecule has 0 fully saturated rings. The first-order valence-corrected chi connectivity index (χ1v) is 6.37. The lowest BCUT2D eigenvalue weighted by Gasteiger charge is -2.20. The van der Waals surface area contributed by atoms with Crippen molar-refractivity contribution < 1.29 is 9.50 Å². The van der Waals surface area contributed by atoms with E-state index in [0.29, 0.717) is 6.54 Å². The van der Waals surface area contributed by atoms with Crippen molar-refractivity contribution in [2.24, 2.45) is 0 Å². The van der Waals surface area contributed by atoms with E-state index in [1.807, 2.05) is 37.3 Å². The van der Waals surface area contributed by atoms with Gasteiger partial charge in [-0.1, -0.05) is 42.5 Å². The molecule has 0 radical (unpaired) electrons. The van der Waals surface area contributed by atoms with Crippen molar-refractivity contribution >= 4 is 0 Å². The van der Waals surface area contributed by atoms with Crippen LogP contribution in [0.4, 0.5) is 4.39 Å². The van der Waals surface area contributed by atoms with Crippen LogP contribution >= 0.6 is 0 Å². The number of aliphatic hydroxyl groups excluding tert-OH is 1. The first kappa shape index (κ1) is 13.7. The Morgan fingerprint density at radius 3 is 2.32 bits per heavy atom. The van der Waals surface area contributed by atoms with Crippen LogP contribution in [0.5, 0.6) is 0 Å². The van der Waals surface area contributed by atoms with Crippen LogP contribution in [0, 0.1) is 5.82 Å². The molecule has 3 heteroatoms. The van der Waals surface area contributed by atoms with Crippen molar-refractivity contribution in [1.82, 2.24) is 5.32 Å². The van der Waals surface area contributed by atoms with Gasteiger partial charge in [0.1, 0.15) is 5.82 Å². The topological polar surface area (TPSA) is 32.3 Å². The summed E-state index contributed by atoms with van der Waals surface area (Å²) < 4.78 is 12.8. The lowest BCUT2D eigenvalue weighted by molar-refractivity contribution is 0.135. The van der Waals surface area contributed by atoms with Gasteiger partial charge < -0.3 is 10.4 Å². The Bertz CT molecular complexity index is 498. The van der Waals surface area contributed by atoms with Gasteiger partial charge in [-0.2, -0.15) is 0 Å². The molecule has 0 aliphatic heterocycles. The van der Waals surface area contributed by atoms with Gasteiger partial charge in [-0.3, -0.25) is 0 Å². The maximum atomic E-state index is 12.8. The summed E-state index contributed by atoms with van der Waals surface area (Å²) in [7, 11) is 0. The van der Waals surface area contributed by atoms with Gasteiger partial charge >= 0.3 is 0 Å². The number of rotatable bonds is 5. The van der Waals surface area contributed by atoms with Crippen molar-refractivity contribution in [1.29, 1.82) is 0 Å². The van der Waals surface area contributed by atoms with Gasteiger partial charge in [-0.05, 0) is 30.2 Å². The van der Waals surface area contributed by atoms with Crippen LogP contribution < -0.4 is 5.32 Å². The van der Waals surface area contributed by atoms with E-state index in [4.69, 9.17) is 0 Å². The third kappa shape index (κ3) is 3.88. The Kier molecular flexibility index (Phi) is 4.66. The molecule has 2 rings (SSSR count). The molecular weight excluding hydrogens is 241 g/mol. The van der Waals surface area contributed by atoms with Gasteiger partial charge in [0, 0.05) is 12.6 Å². The van der Waals surface area contributed by atoms with Gasteiger partial charge in [0.05, 0.1) is 6.10 Å². The molecule has 2 nitrogen and oxygen atoms in total. The minimum Gasteiger partial charge on any atom is -0.387 e. The highest BCUT2D eigenvalue weighted by Gasteiger charge is 2.15. The highest BCUT2D eigenvalue weighted by molar-refractivity contribution is 5.20. The number of aliphatic hydroxyl groups is 1. The molecular formula is C16H18FNO. The van der Waals surface area contributed by atoms with Crippen molar-refractivity contribution in [2.45, 2.75) is 25.6 Å². The lowest BCUT2D eigenvalue weighted by atomic mass is 10.0. The number of halogens is 1. The molecule has 100 valence electrons. The Hall–Kier alpha value is -1.71. The standard InChI is InChI=1S/C16H18FNO/c1-12(18-11-13-5-3-2-4-6-13)16(19)14-7-9-15(17)10-8-14/h2-10,12,16,18-19H,11H2,1H3. The molecule has 2 aromatic carbocycles. The molecule has 0 saturated heterocycles. The maximum Gasteiger partial charge on any atom is 0.123 e. The lowest BCUT2D eigenvalue weighted by Crippen LogP contribution is -2.31. The van der Waals surface area contributed by atoms with Gasteiger partial charge in [-0.15, -0.1) is 0 Å². The van der Waals surface area contributed by atoms with Gasteiger partial charge in [0.2, 0.25) is 0 Å². The minimum absolute atomic E-state index is 0.106. The third-order valence-electron chi connectivity index (χ3n) is 3.16. The molecule has 0 saturated carbocycles. The molecule has 0 aliphatic carbocycles. The van der Waals surface area contributed by atoms with Crippen molar-refractivity contribution in [3.05, 3.63) is 71.5 Å². The molecule has 2 N–H and O–H groups in total. The zero-order chi connectivity index (χ0) is 13.7. The highest BCUT2D eigenvalue weighted by Crippen LogP contribution is 2.17. The van der Waals surface area contributed by atoms with Crippen LogP contribution in [0.15, 0.2) is 54.6 Å². The molecule has 2 unspecified atom stereocenters. The summed E-state index contributed by atoms with van der Waals surface area (Å²) in [6.07, 6.45) is -0.649. The van der Waals surface area contributed by atoms with E-state index in [2.05, 4.69) is 5.32 Å². The molecule has 0 aromatic heterocycles. The summed E-state index contributed by atoms with van der Waals surface area (Å²) in [5.41, 5.74) is 1.88. The van der Waals surface area contributed by atoms with Crippen LogP contribution in [0.25, 0.3) is 0 Å². The summed E-state index contributed by atoms with van der Waals surface area (Å²) >= 11 is 0. The van der Waals surface area contributed by atoms with Crippen LogP contribution in [0.3, 0.4) is 0 Å². The summed E-state index contributed by atoms with van der Waals surface area (Å²) in [5.74, 6) is -0.291. The van der Waals surface area contributed by atoms with Gasteiger partial charge in [-0.25, -0.2) is 4.39 Å². The van der Waals surface area contributed by atoms with Gasteiger partial charge in [0.25, 0.3) is 0 Å². The van der Waals surface area contributed by atoms with E-state index in [1.54, 1.807) is 12.1 Å². The van der Waals surface area contributed by atoms with Crippen LogP contribution in [-0.4, -0.2) is 11.1 Å². The van der Waals surface area contributed by atoms with Crippen molar-refractivity contribution in [3.63, 3.8) is 0 Å². The molecule has 2 aromatic rings. The molecule has 0 amide bonds. The quantitative estimate of drug-likeness (QED) is 0.865. The van der Waals surface area contributed by atoms with E-state index < -0.39 is 6.10 Å². The predicted octanol–water partition coefficient (Wildman–Crippen LogP) is 3.04. The largest absolute Gasteiger partial charge is 0.387 e. The molecule has 0 aliphatic rings. The fourth-order valence-corrected chi connectivity index (χ4v) is 1.93. The zero-order valence-electron chi connectivity index (χ0n) is 10.9. The SMILES string of the molecule is CC(NCc1ccccc1)C(O)c1ccc(F)cc1. The van der Waals surface area contributed by atoms with E-state index in [0.717, 1.165) is 5.56 Å². The van der Waals surface area contributed by atoms with E-state index >= 15 is 0 Å². The first-order valence-electron chi connectivity index (χ1n) is 6.37. The van der Waals surface area contributed by atoms with E-state index in [-0.39, 0.29) is 11.9 Å². The second kappa shape index (κ2) is 6.45.